The zero-order valence-electron chi connectivity index (χ0n) is 23.3. The van der Waals surface area contributed by atoms with Crippen LogP contribution in [0.25, 0.3) is 0 Å². The summed E-state index contributed by atoms with van der Waals surface area (Å²) in [5.41, 5.74) is 4.41. The van der Waals surface area contributed by atoms with E-state index in [1.807, 2.05) is 54.6 Å². The minimum Gasteiger partial charge on any atom is -0.354 e. The number of carbonyl (C=O) groups is 2. The van der Waals surface area contributed by atoms with E-state index in [1.165, 1.54) is 5.56 Å². The van der Waals surface area contributed by atoms with Crippen LogP contribution < -0.4 is 5.32 Å². The van der Waals surface area contributed by atoms with Gasteiger partial charge in [-0.25, -0.2) is 0 Å². The average molecular weight is 533 g/mol. The van der Waals surface area contributed by atoms with Gasteiger partial charge in [-0.3, -0.25) is 9.59 Å². The van der Waals surface area contributed by atoms with E-state index in [-0.39, 0.29) is 17.2 Å². The molecular weight excluding hydrogens is 492 g/mol. The number of carbonyl (C=O) groups excluding carboxylic acids is 2. The number of nitrogens with one attached hydrogen (secondary N) is 1. The molecule has 1 unspecified atom stereocenters. The van der Waals surface area contributed by atoms with Gasteiger partial charge in [0, 0.05) is 31.0 Å². The van der Waals surface area contributed by atoms with Crippen molar-refractivity contribution in [3.63, 3.8) is 0 Å². The molecule has 0 spiro atoms. The molecule has 3 aromatic rings. The van der Waals surface area contributed by atoms with Gasteiger partial charge in [0.05, 0.1) is 0 Å². The quantitative estimate of drug-likeness (QED) is 0.289. The largest absolute Gasteiger partial charge is 0.354 e. The van der Waals surface area contributed by atoms with Crippen LogP contribution in [0, 0.1) is 5.92 Å². The van der Waals surface area contributed by atoms with Crippen molar-refractivity contribution in [2.75, 3.05) is 6.54 Å². The summed E-state index contributed by atoms with van der Waals surface area (Å²) in [5, 5.41) is 3.71. The maximum atomic E-state index is 13.8. The Kier molecular flexibility index (Phi) is 10.6. The van der Waals surface area contributed by atoms with Crippen molar-refractivity contribution < 1.29 is 9.59 Å². The SMILES string of the molecule is CC(C)CNC(=O)C(Cc1ccccc1)N(Cc1ccc(Cl)cc1)C(=O)CCc1ccc(C(C)(C)C)cc1. The van der Waals surface area contributed by atoms with Crippen molar-refractivity contribution in [2.45, 2.75) is 71.9 Å². The van der Waals surface area contributed by atoms with E-state index in [0.29, 0.717) is 43.3 Å². The van der Waals surface area contributed by atoms with E-state index < -0.39 is 6.04 Å². The molecule has 0 radical (unpaired) electrons. The highest BCUT2D eigenvalue weighted by molar-refractivity contribution is 6.30. The van der Waals surface area contributed by atoms with Gasteiger partial charge in [-0.15, -0.1) is 0 Å². The molecule has 0 saturated carbocycles. The molecule has 0 aliphatic rings. The average Bonchev–Trinajstić information content (AvgIpc) is 2.89. The van der Waals surface area contributed by atoms with Crippen molar-refractivity contribution in [3.05, 3.63) is 106 Å². The van der Waals surface area contributed by atoms with Crippen molar-refractivity contribution >= 4 is 23.4 Å². The molecule has 1 N–H and O–H groups in total. The Morgan fingerprint density at radius 1 is 0.842 bits per heavy atom. The molecular formula is C33H41ClN2O2. The first-order chi connectivity index (χ1) is 18.0. The fraction of sp³-hybridized carbons (Fsp3) is 0.394. The van der Waals surface area contributed by atoms with Crippen LogP contribution >= 0.6 is 11.6 Å². The van der Waals surface area contributed by atoms with Gasteiger partial charge in [-0.1, -0.05) is 113 Å². The second-order valence-corrected chi connectivity index (χ2v) is 11.9. The van der Waals surface area contributed by atoms with E-state index in [9.17, 15) is 9.59 Å². The van der Waals surface area contributed by atoms with Crippen molar-refractivity contribution in [2.24, 2.45) is 5.92 Å². The Morgan fingerprint density at radius 3 is 2.03 bits per heavy atom. The lowest BCUT2D eigenvalue weighted by Gasteiger charge is -2.32. The van der Waals surface area contributed by atoms with Crippen LogP contribution in [-0.2, 0) is 34.4 Å². The molecule has 0 aromatic heterocycles. The molecule has 3 aromatic carbocycles. The highest BCUT2D eigenvalue weighted by Gasteiger charge is 2.30. The van der Waals surface area contributed by atoms with Crippen LogP contribution in [0.15, 0.2) is 78.9 Å². The zero-order chi connectivity index (χ0) is 27.7. The smallest absolute Gasteiger partial charge is 0.243 e. The van der Waals surface area contributed by atoms with Gasteiger partial charge < -0.3 is 10.2 Å². The molecule has 202 valence electrons. The minimum absolute atomic E-state index is 0.0412. The predicted molar refractivity (Wildman–Crippen MR) is 157 cm³/mol. The first-order valence-electron chi connectivity index (χ1n) is 13.5. The Bertz CT molecular complexity index is 1170. The summed E-state index contributed by atoms with van der Waals surface area (Å²) in [6.45, 7) is 11.6. The van der Waals surface area contributed by atoms with E-state index in [4.69, 9.17) is 11.6 Å². The van der Waals surface area contributed by atoms with E-state index in [2.05, 4.69) is 64.2 Å². The highest BCUT2D eigenvalue weighted by Crippen LogP contribution is 2.23. The second kappa shape index (κ2) is 13.6. The number of benzene rings is 3. The molecule has 3 rings (SSSR count). The molecule has 1 atom stereocenters. The maximum Gasteiger partial charge on any atom is 0.243 e. The van der Waals surface area contributed by atoms with Crippen LogP contribution in [-0.4, -0.2) is 29.3 Å². The number of aryl methyl sites for hydroxylation is 1. The summed E-state index contributed by atoms with van der Waals surface area (Å²) in [4.78, 5) is 29.1. The molecule has 0 aliphatic heterocycles. The molecule has 2 amide bonds. The molecule has 0 heterocycles. The predicted octanol–water partition coefficient (Wildman–Crippen LogP) is 6.98. The van der Waals surface area contributed by atoms with E-state index in [1.54, 1.807) is 4.90 Å². The Hall–Kier alpha value is -3.11. The molecule has 0 fully saturated rings. The van der Waals surface area contributed by atoms with Crippen molar-refractivity contribution in [1.29, 1.82) is 0 Å². The van der Waals surface area contributed by atoms with Gasteiger partial charge in [0.1, 0.15) is 6.04 Å². The zero-order valence-corrected chi connectivity index (χ0v) is 24.1. The third-order valence-corrected chi connectivity index (χ3v) is 6.92. The Labute approximate surface area is 233 Å². The molecule has 5 heteroatoms. The maximum absolute atomic E-state index is 13.8. The summed E-state index contributed by atoms with van der Waals surface area (Å²) >= 11 is 6.11. The monoisotopic (exact) mass is 532 g/mol. The van der Waals surface area contributed by atoms with E-state index in [0.717, 1.165) is 16.7 Å². The van der Waals surface area contributed by atoms with Crippen molar-refractivity contribution in [1.82, 2.24) is 10.2 Å². The number of amides is 2. The summed E-state index contributed by atoms with van der Waals surface area (Å²) < 4.78 is 0. The number of halogens is 1. The Balaban J connectivity index is 1.87. The number of nitrogens with zero attached hydrogens (tertiary/aromatic N) is 1. The second-order valence-electron chi connectivity index (χ2n) is 11.4. The molecule has 0 saturated heterocycles. The van der Waals surface area contributed by atoms with Crippen LogP contribution in [0.5, 0.6) is 0 Å². The van der Waals surface area contributed by atoms with E-state index >= 15 is 0 Å². The lowest BCUT2D eigenvalue weighted by Crippen LogP contribution is -2.51. The van der Waals surface area contributed by atoms with Crippen LogP contribution in [0.2, 0.25) is 5.02 Å². The van der Waals surface area contributed by atoms with Crippen LogP contribution in [0.1, 0.15) is 63.3 Å². The van der Waals surface area contributed by atoms with Gasteiger partial charge in [-0.2, -0.15) is 0 Å². The third-order valence-electron chi connectivity index (χ3n) is 6.67. The van der Waals surface area contributed by atoms with Gasteiger partial charge in [0.25, 0.3) is 0 Å². The van der Waals surface area contributed by atoms with Gasteiger partial charge >= 0.3 is 0 Å². The summed E-state index contributed by atoms with van der Waals surface area (Å²) in [5.74, 6) is 0.146. The highest BCUT2D eigenvalue weighted by atomic mass is 35.5. The topological polar surface area (TPSA) is 49.4 Å². The molecule has 0 aliphatic carbocycles. The van der Waals surface area contributed by atoms with Gasteiger partial charge in [0.15, 0.2) is 0 Å². The molecule has 4 nitrogen and oxygen atoms in total. The Morgan fingerprint density at radius 2 is 1.45 bits per heavy atom. The van der Waals surface area contributed by atoms with Crippen LogP contribution in [0.3, 0.4) is 0 Å². The number of hydrogen-bond acceptors (Lipinski definition) is 2. The molecule has 38 heavy (non-hydrogen) atoms. The van der Waals surface area contributed by atoms with Gasteiger partial charge in [-0.05, 0) is 52.1 Å². The fourth-order valence-corrected chi connectivity index (χ4v) is 4.46. The minimum atomic E-state index is -0.623. The van der Waals surface area contributed by atoms with Gasteiger partial charge in [0.2, 0.25) is 11.8 Å². The standard InChI is InChI=1S/C33H41ClN2O2/c1-24(2)22-35-32(38)30(21-26-9-7-6-8-10-26)36(23-27-13-18-29(34)19-14-27)31(37)20-15-25-11-16-28(17-12-25)33(3,4)5/h6-14,16-19,24,30H,15,20-23H2,1-5H3,(H,35,38). The lowest BCUT2D eigenvalue weighted by molar-refractivity contribution is -0.141. The fourth-order valence-electron chi connectivity index (χ4n) is 4.33. The number of rotatable bonds is 11. The first-order valence-corrected chi connectivity index (χ1v) is 13.9. The summed E-state index contributed by atoms with van der Waals surface area (Å²) in [7, 11) is 0. The van der Waals surface area contributed by atoms with Crippen LogP contribution in [0.4, 0.5) is 0 Å². The normalized spacial score (nSPS) is 12.3. The third kappa shape index (κ3) is 9.02. The summed E-state index contributed by atoms with van der Waals surface area (Å²) in [6, 6.07) is 25.2. The summed E-state index contributed by atoms with van der Waals surface area (Å²) in [6.07, 6.45) is 1.39. The first kappa shape index (κ1) is 29.4. The van der Waals surface area contributed by atoms with Crippen molar-refractivity contribution in [3.8, 4) is 0 Å². The molecule has 0 bridgehead atoms. The lowest BCUT2D eigenvalue weighted by atomic mass is 9.86. The number of hydrogen-bond donors (Lipinski definition) is 1.